The Hall–Kier alpha value is -1.10. The lowest BCUT2D eigenvalue weighted by Gasteiger charge is -2.12. The van der Waals surface area contributed by atoms with Gasteiger partial charge in [0.2, 0.25) is 5.91 Å². The van der Waals surface area contributed by atoms with Crippen LogP contribution in [-0.4, -0.2) is 36.1 Å². The molecule has 0 aliphatic carbocycles. The Kier molecular flexibility index (Phi) is 8.40. The molecule has 5 heteroatoms. The van der Waals surface area contributed by atoms with Crippen molar-refractivity contribution in [2.24, 2.45) is 5.92 Å². The Morgan fingerprint density at radius 3 is 2.35 bits per heavy atom. The van der Waals surface area contributed by atoms with E-state index in [2.05, 4.69) is 10.6 Å². The molecule has 1 atom stereocenters. The van der Waals surface area contributed by atoms with Gasteiger partial charge in [0.05, 0.1) is 6.54 Å². The largest absolute Gasteiger partial charge is 0.481 e. The van der Waals surface area contributed by atoms with E-state index in [1.54, 1.807) is 0 Å². The number of hydrogen-bond donors (Lipinski definition) is 3. The first-order chi connectivity index (χ1) is 7.91. The van der Waals surface area contributed by atoms with Gasteiger partial charge in [0.25, 0.3) is 0 Å². The number of carbonyl (C=O) groups excluding carboxylic acids is 1. The van der Waals surface area contributed by atoms with Gasteiger partial charge in [-0.25, -0.2) is 0 Å². The molecule has 0 bridgehead atoms. The zero-order chi connectivity index (χ0) is 13.3. The normalized spacial score (nSPS) is 12.5. The predicted octanol–water partition coefficient (Wildman–Crippen LogP) is 0.992. The van der Waals surface area contributed by atoms with Crippen LogP contribution in [0.3, 0.4) is 0 Å². The van der Waals surface area contributed by atoms with Gasteiger partial charge >= 0.3 is 5.97 Å². The molecule has 17 heavy (non-hydrogen) atoms. The van der Waals surface area contributed by atoms with Gasteiger partial charge in [-0.1, -0.05) is 20.8 Å². The van der Waals surface area contributed by atoms with E-state index in [0.29, 0.717) is 31.5 Å². The van der Waals surface area contributed by atoms with Crippen LogP contribution in [0, 0.1) is 5.92 Å². The molecule has 0 spiro atoms. The average Bonchev–Trinajstić information content (AvgIpc) is 2.23. The summed E-state index contributed by atoms with van der Waals surface area (Å²) in [6, 6.07) is 0.301. The Balaban J connectivity index is 3.48. The van der Waals surface area contributed by atoms with Crippen molar-refractivity contribution in [1.82, 2.24) is 10.6 Å². The smallest absolute Gasteiger partial charge is 0.303 e. The number of nitrogens with one attached hydrogen (secondary N) is 2. The second-order valence-corrected chi connectivity index (χ2v) is 4.71. The quantitative estimate of drug-likeness (QED) is 0.565. The Morgan fingerprint density at radius 2 is 1.82 bits per heavy atom. The summed E-state index contributed by atoms with van der Waals surface area (Å²) >= 11 is 0. The second-order valence-electron chi connectivity index (χ2n) is 4.71. The van der Waals surface area contributed by atoms with E-state index < -0.39 is 5.97 Å². The van der Waals surface area contributed by atoms with E-state index in [9.17, 15) is 9.59 Å². The van der Waals surface area contributed by atoms with Crippen LogP contribution in [-0.2, 0) is 9.59 Å². The topological polar surface area (TPSA) is 78.4 Å². The molecule has 0 aliphatic rings. The average molecular weight is 244 g/mol. The molecular weight excluding hydrogens is 220 g/mol. The van der Waals surface area contributed by atoms with Gasteiger partial charge < -0.3 is 15.7 Å². The summed E-state index contributed by atoms with van der Waals surface area (Å²) < 4.78 is 0. The van der Waals surface area contributed by atoms with Gasteiger partial charge in [0.1, 0.15) is 0 Å². The van der Waals surface area contributed by atoms with E-state index >= 15 is 0 Å². The molecule has 0 saturated carbocycles. The zero-order valence-corrected chi connectivity index (χ0v) is 11.0. The predicted molar refractivity (Wildman–Crippen MR) is 66.8 cm³/mol. The molecule has 0 saturated heterocycles. The van der Waals surface area contributed by atoms with Crippen LogP contribution in [0.4, 0.5) is 0 Å². The van der Waals surface area contributed by atoms with Crippen LogP contribution < -0.4 is 10.6 Å². The Labute approximate surface area is 103 Å². The lowest BCUT2D eigenvalue weighted by molar-refractivity contribution is -0.137. The molecule has 0 fully saturated rings. The van der Waals surface area contributed by atoms with Crippen LogP contribution in [0.2, 0.25) is 0 Å². The molecule has 1 amide bonds. The van der Waals surface area contributed by atoms with Gasteiger partial charge in [-0.05, 0) is 18.8 Å². The molecule has 0 radical (unpaired) electrons. The maximum absolute atomic E-state index is 11.3. The maximum Gasteiger partial charge on any atom is 0.303 e. The van der Waals surface area contributed by atoms with Crippen molar-refractivity contribution < 1.29 is 14.7 Å². The molecule has 0 heterocycles. The molecule has 1 unspecified atom stereocenters. The summed E-state index contributed by atoms with van der Waals surface area (Å²) in [5.74, 6) is -0.449. The number of carboxylic acids is 1. The molecule has 0 aromatic heterocycles. The maximum atomic E-state index is 11.3. The van der Waals surface area contributed by atoms with Gasteiger partial charge in [0.15, 0.2) is 0 Å². The summed E-state index contributed by atoms with van der Waals surface area (Å²) in [4.78, 5) is 21.7. The van der Waals surface area contributed by atoms with Crippen LogP contribution in [0.1, 0.15) is 40.0 Å². The first-order valence-corrected chi connectivity index (χ1v) is 6.13. The highest BCUT2D eigenvalue weighted by atomic mass is 16.4. The van der Waals surface area contributed by atoms with Crippen LogP contribution in [0.5, 0.6) is 0 Å². The third-order valence-corrected chi connectivity index (χ3v) is 2.48. The highest BCUT2D eigenvalue weighted by Crippen LogP contribution is 2.08. The van der Waals surface area contributed by atoms with Crippen molar-refractivity contribution in [1.29, 1.82) is 0 Å². The lowest BCUT2D eigenvalue weighted by Crippen LogP contribution is -2.37. The molecule has 3 N–H and O–H groups in total. The minimum Gasteiger partial charge on any atom is -0.481 e. The first-order valence-electron chi connectivity index (χ1n) is 6.13. The van der Waals surface area contributed by atoms with E-state index in [-0.39, 0.29) is 12.3 Å². The van der Waals surface area contributed by atoms with Gasteiger partial charge in [0, 0.05) is 19.0 Å². The van der Waals surface area contributed by atoms with Crippen LogP contribution >= 0.6 is 0 Å². The second kappa shape index (κ2) is 8.98. The van der Waals surface area contributed by atoms with Crippen molar-refractivity contribution in [3.8, 4) is 0 Å². The number of carboxylic acid groups (broad SMARTS) is 1. The zero-order valence-electron chi connectivity index (χ0n) is 11.0. The highest BCUT2D eigenvalue weighted by Gasteiger charge is 2.06. The van der Waals surface area contributed by atoms with Crippen molar-refractivity contribution >= 4 is 11.9 Å². The fraction of sp³-hybridized carbons (Fsp3) is 0.833. The van der Waals surface area contributed by atoms with Crippen molar-refractivity contribution in [2.45, 2.75) is 46.1 Å². The molecule has 0 aliphatic heterocycles. The van der Waals surface area contributed by atoms with E-state index in [1.165, 1.54) is 0 Å². The van der Waals surface area contributed by atoms with E-state index in [0.717, 1.165) is 6.42 Å². The molecule has 0 rings (SSSR count). The van der Waals surface area contributed by atoms with Crippen LogP contribution in [0.25, 0.3) is 0 Å². The third kappa shape index (κ3) is 11.2. The molecule has 0 aromatic rings. The lowest BCUT2D eigenvalue weighted by atomic mass is 10.0. The number of amides is 1. The minimum absolute atomic E-state index is 0.0101. The van der Waals surface area contributed by atoms with Gasteiger partial charge in [-0.2, -0.15) is 0 Å². The third-order valence-electron chi connectivity index (χ3n) is 2.48. The van der Waals surface area contributed by atoms with Crippen LogP contribution in [0.15, 0.2) is 0 Å². The van der Waals surface area contributed by atoms with Gasteiger partial charge in [-0.3, -0.25) is 9.59 Å². The van der Waals surface area contributed by atoms with Gasteiger partial charge in [-0.15, -0.1) is 0 Å². The summed E-state index contributed by atoms with van der Waals surface area (Å²) in [7, 11) is 0. The summed E-state index contributed by atoms with van der Waals surface area (Å²) in [5, 5.41) is 14.4. The first kappa shape index (κ1) is 15.9. The number of aliphatic carboxylic acids is 1. The minimum atomic E-state index is -0.762. The molecular formula is C12H24N2O3. The van der Waals surface area contributed by atoms with E-state index in [4.69, 9.17) is 5.11 Å². The van der Waals surface area contributed by atoms with Crippen molar-refractivity contribution in [3.63, 3.8) is 0 Å². The molecule has 0 aromatic carbocycles. The molecule has 100 valence electrons. The standard InChI is InChI=1S/C12H24N2O3/c1-9(2)14-8-11(15)13-7-6-10(3)4-5-12(16)17/h9-10,14H,4-8H2,1-3H3,(H,13,15)(H,16,17). The van der Waals surface area contributed by atoms with Crippen molar-refractivity contribution in [3.05, 3.63) is 0 Å². The summed E-state index contributed by atoms with van der Waals surface area (Å²) in [6.45, 7) is 6.92. The summed E-state index contributed by atoms with van der Waals surface area (Å²) in [6.07, 6.45) is 1.68. The van der Waals surface area contributed by atoms with E-state index in [1.807, 2.05) is 20.8 Å². The number of hydrogen-bond acceptors (Lipinski definition) is 3. The Bertz CT molecular complexity index is 242. The Morgan fingerprint density at radius 1 is 1.18 bits per heavy atom. The number of rotatable bonds is 9. The monoisotopic (exact) mass is 244 g/mol. The molecule has 5 nitrogen and oxygen atoms in total. The fourth-order valence-corrected chi connectivity index (χ4v) is 1.33. The highest BCUT2D eigenvalue weighted by molar-refractivity contribution is 5.77. The number of carbonyl (C=O) groups is 2. The SMILES string of the molecule is CC(CCNC(=O)CNC(C)C)CCC(=O)O. The fourth-order valence-electron chi connectivity index (χ4n) is 1.33. The van der Waals surface area contributed by atoms with Crippen molar-refractivity contribution in [2.75, 3.05) is 13.1 Å². The summed E-state index contributed by atoms with van der Waals surface area (Å²) in [5.41, 5.74) is 0.